The van der Waals surface area contributed by atoms with Crippen molar-refractivity contribution in [3.8, 4) is 5.75 Å². The molecular weight excluding hydrogens is 234 g/mol. The average molecular weight is 249 g/mol. The Morgan fingerprint density at radius 1 is 1.28 bits per heavy atom. The number of esters is 1. The fourth-order valence-electron chi connectivity index (χ4n) is 1.19. The Morgan fingerprint density at radius 2 is 1.94 bits per heavy atom. The second-order valence-corrected chi connectivity index (χ2v) is 3.51. The maximum Gasteiger partial charge on any atom is 0.343 e. The Kier molecular flexibility index (Phi) is 5.44. The topological polar surface area (TPSA) is 78.6 Å². The summed E-state index contributed by atoms with van der Waals surface area (Å²) in [5, 5.41) is 0. The van der Waals surface area contributed by atoms with Crippen LogP contribution in [-0.2, 0) is 14.3 Å². The number of hydrogen-bond acceptors (Lipinski definition) is 4. The van der Waals surface area contributed by atoms with Crippen LogP contribution in [0.4, 0.5) is 0 Å². The third kappa shape index (κ3) is 5.16. The van der Waals surface area contributed by atoms with Gasteiger partial charge in [-0.05, 0) is 17.7 Å². The number of carbonyl (C=O) groups is 2. The number of carbonyl (C=O) groups excluding carboxylic acids is 2. The number of methoxy groups -OCH3 is 1. The summed E-state index contributed by atoms with van der Waals surface area (Å²) in [5.41, 5.74) is 5.93. The lowest BCUT2D eigenvalue weighted by Crippen LogP contribution is -2.12. The van der Waals surface area contributed by atoms with Gasteiger partial charge in [-0.2, -0.15) is 0 Å². The van der Waals surface area contributed by atoms with Crippen molar-refractivity contribution in [3.05, 3.63) is 35.9 Å². The third-order valence-electron chi connectivity index (χ3n) is 2.09. The van der Waals surface area contributed by atoms with E-state index >= 15 is 0 Å². The Balaban J connectivity index is 2.49. The molecule has 5 heteroatoms. The zero-order valence-electron chi connectivity index (χ0n) is 10.1. The molecule has 0 aliphatic carbocycles. The van der Waals surface area contributed by atoms with Gasteiger partial charge in [0.25, 0.3) is 0 Å². The van der Waals surface area contributed by atoms with Crippen molar-refractivity contribution in [1.82, 2.24) is 0 Å². The van der Waals surface area contributed by atoms with Gasteiger partial charge in [0.05, 0.1) is 7.11 Å². The van der Waals surface area contributed by atoms with E-state index in [9.17, 15) is 9.59 Å². The molecule has 18 heavy (non-hydrogen) atoms. The number of rotatable bonds is 6. The van der Waals surface area contributed by atoms with E-state index in [0.717, 1.165) is 5.56 Å². The molecule has 1 aromatic rings. The van der Waals surface area contributed by atoms with Gasteiger partial charge >= 0.3 is 5.97 Å². The van der Waals surface area contributed by atoms with E-state index in [1.165, 1.54) is 7.11 Å². The predicted octanol–water partition coefficient (Wildman–Crippen LogP) is 1.13. The molecule has 0 fully saturated rings. The highest BCUT2D eigenvalue weighted by Crippen LogP contribution is 2.13. The molecule has 0 saturated carbocycles. The molecule has 0 saturated heterocycles. The van der Waals surface area contributed by atoms with Gasteiger partial charge in [-0.1, -0.05) is 24.3 Å². The van der Waals surface area contributed by atoms with Crippen LogP contribution in [0.25, 0.3) is 6.08 Å². The third-order valence-corrected chi connectivity index (χ3v) is 2.09. The van der Waals surface area contributed by atoms with Gasteiger partial charge in [-0.15, -0.1) is 0 Å². The second-order valence-electron chi connectivity index (χ2n) is 3.51. The van der Waals surface area contributed by atoms with Crippen LogP contribution in [0.1, 0.15) is 12.0 Å². The first-order valence-corrected chi connectivity index (χ1v) is 5.36. The molecular formula is C13H15NO4. The van der Waals surface area contributed by atoms with Gasteiger partial charge in [0.1, 0.15) is 5.75 Å². The molecule has 0 radical (unpaired) electrons. The number of primary amides is 1. The lowest BCUT2D eigenvalue weighted by Gasteiger charge is -2.04. The summed E-state index contributed by atoms with van der Waals surface area (Å²) >= 11 is 0. The van der Waals surface area contributed by atoms with E-state index in [2.05, 4.69) is 4.74 Å². The minimum Gasteiger partial charge on any atom is -0.482 e. The molecule has 5 nitrogen and oxygen atoms in total. The summed E-state index contributed by atoms with van der Waals surface area (Å²) in [6, 6.07) is 7.08. The molecule has 1 rings (SSSR count). The van der Waals surface area contributed by atoms with Gasteiger partial charge < -0.3 is 15.2 Å². The quantitative estimate of drug-likeness (QED) is 0.766. The Morgan fingerprint density at radius 3 is 2.50 bits per heavy atom. The first-order valence-electron chi connectivity index (χ1n) is 5.36. The maximum atomic E-state index is 10.9. The van der Waals surface area contributed by atoms with Crippen molar-refractivity contribution >= 4 is 18.0 Å². The molecule has 0 bridgehead atoms. The lowest BCUT2D eigenvalue weighted by molar-refractivity contribution is -0.142. The summed E-state index contributed by atoms with van der Waals surface area (Å²) in [6.07, 6.45) is 3.68. The number of nitrogens with two attached hydrogens (primary N) is 1. The molecule has 0 aliphatic heterocycles. The van der Waals surface area contributed by atoms with E-state index in [-0.39, 0.29) is 18.9 Å². The molecule has 1 aromatic carbocycles. The van der Waals surface area contributed by atoms with Crippen molar-refractivity contribution in [1.29, 1.82) is 0 Å². The van der Waals surface area contributed by atoms with Gasteiger partial charge in [0.2, 0.25) is 5.91 Å². The van der Waals surface area contributed by atoms with Crippen molar-refractivity contribution in [3.63, 3.8) is 0 Å². The van der Waals surface area contributed by atoms with E-state index in [1.54, 1.807) is 24.3 Å². The van der Waals surface area contributed by atoms with Crippen LogP contribution in [-0.4, -0.2) is 25.6 Å². The van der Waals surface area contributed by atoms with E-state index in [1.807, 2.05) is 12.1 Å². The first-order chi connectivity index (χ1) is 8.61. The fraction of sp³-hybridized carbons (Fsp3) is 0.231. The van der Waals surface area contributed by atoms with Gasteiger partial charge in [-0.3, -0.25) is 4.79 Å². The average Bonchev–Trinajstić information content (AvgIpc) is 2.37. The number of hydrogen-bond donors (Lipinski definition) is 1. The smallest absolute Gasteiger partial charge is 0.343 e. The van der Waals surface area contributed by atoms with Crippen LogP contribution in [0.5, 0.6) is 5.75 Å². The highest BCUT2D eigenvalue weighted by molar-refractivity contribution is 5.76. The lowest BCUT2D eigenvalue weighted by atomic mass is 10.2. The predicted molar refractivity (Wildman–Crippen MR) is 66.8 cm³/mol. The normalized spacial score (nSPS) is 10.3. The molecule has 96 valence electrons. The van der Waals surface area contributed by atoms with Crippen LogP contribution in [0.3, 0.4) is 0 Å². The van der Waals surface area contributed by atoms with Crippen LogP contribution in [0.2, 0.25) is 0 Å². The molecule has 0 heterocycles. The van der Waals surface area contributed by atoms with Crippen LogP contribution in [0, 0.1) is 0 Å². The summed E-state index contributed by atoms with van der Waals surface area (Å²) in [7, 11) is 1.30. The van der Waals surface area contributed by atoms with Crippen LogP contribution in [0.15, 0.2) is 30.3 Å². The highest BCUT2D eigenvalue weighted by atomic mass is 16.6. The summed E-state index contributed by atoms with van der Waals surface area (Å²) in [5.74, 6) is -0.225. The SMILES string of the molecule is COC(=O)COc1ccc(C=CCC(N)=O)cc1. The summed E-state index contributed by atoms with van der Waals surface area (Å²) in [6.45, 7) is -0.118. The van der Waals surface area contributed by atoms with Crippen LogP contribution < -0.4 is 10.5 Å². The van der Waals surface area contributed by atoms with Gasteiger partial charge in [0, 0.05) is 6.42 Å². The number of amides is 1. The Bertz CT molecular complexity index is 437. The van der Waals surface area contributed by atoms with E-state index < -0.39 is 5.97 Å². The number of benzene rings is 1. The van der Waals surface area contributed by atoms with Crippen molar-refractivity contribution < 1.29 is 19.1 Å². The standard InChI is InChI=1S/C13H15NO4/c1-17-13(16)9-18-11-7-5-10(6-8-11)3-2-4-12(14)15/h2-3,5-8H,4,9H2,1H3,(H2,14,15). The molecule has 0 unspecified atom stereocenters. The summed E-state index contributed by atoms with van der Waals surface area (Å²) < 4.78 is 9.64. The highest BCUT2D eigenvalue weighted by Gasteiger charge is 2.00. The minimum absolute atomic E-state index is 0.118. The zero-order chi connectivity index (χ0) is 13.4. The van der Waals surface area contributed by atoms with Crippen molar-refractivity contribution in [2.24, 2.45) is 5.73 Å². The Hall–Kier alpha value is -2.30. The fourth-order valence-corrected chi connectivity index (χ4v) is 1.19. The molecule has 0 spiro atoms. The van der Waals surface area contributed by atoms with E-state index in [4.69, 9.17) is 10.5 Å². The second kappa shape index (κ2) is 7.11. The number of ether oxygens (including phenoxy) is 2. The van der Waals surface area contributed by atoms with Gasteiger partial charge in [-0.25, -0.2) is 4.79 Å². The Labute approximate surface area is 105 Å². The van der Waals surface area contributed by atoms with Crippen LogP contribution >= 0.6 is 0 Å². The largest absolute Gasteiger partial charge is 0.482 e. The molecule has 0 aliphatic rings. The van der Waals surface area contributed by atoms with Gasteiger partial charge in [0.15, 0.2) is 6.61 Å². The molecule has 1 amide bonds. The first kappa shape index (κ1) is 13.8. The molecule has 2 N–H and O–H groups in total. The van der Waals surface area contributed by atoms with Crippen molar-refractivity contribution in [2.75, 3.05) is 13.7 Å². The minimum atomic E-state index is -0.430. The van der Waals surface area contributed by atoms with E-state index in [0.29, 0.717) is 5.75 Å². The molecule has 0 atom stereocenters. The van der Waals surface area contributed by atoms with Crippen molar-refractivity contribution in [2.45, 2.75) is 6.42 Å². The maximum absolute atomic E-state index is 10.9. The molecule has 0 aromatic heterocycles. The monoisotopic (exact) mass is 249 g/mol. The zero-order valence-corrected chi connectivity index (χ0v) is 10.1. The summed E-state index contributed by atoms with van der Waals surface area (Å²) in [4.78, 5) is 21.4.